The van der Waals surface area contributed by atoms with Gasteiger partial charge in [-0.1, -0.05) is 18.2 Å². The fourth-order valence-electron chi connectivity index (χ4n) is 2.42. The van der Waals surface area contributed by atoms with E-state index in [1.807, 2.05) is 31.2 Å². The van der Waals surface area contributed by atoms with E-state index >= 15 is 0 Å². The summed E-state index contributed by atoms with van der Waals surface area (Å²) in [5.74, 6) is -0.405. The van der Waals surface area contributed by atoms with E-state index in [1.54, 1.807) is 10.6 Å². The lowest BCUT2D eigenvalue weighted by Crippen LogP contribution is -2.19. The van der Waals surface area contributed by atoms with Crippen LogP contribution in [0.15, 0.2) is 35.1 Å². The second-order valence-electron chi connectivity index (χ2n) is 4.41. The number of thiophene rings is 1. The highest BCUT2D eigenvalue weighted by Crippen LogP contribution is 2.30. The van der Waals surface area contributed by atoms with Crippen LogP contribution < -0.4 is 5.56 Å². The molecule has 0 aliphatic carbocycles. The summed E-state index contributed by atoms with van der Waals surface area (Å²) in [6, 6.07) is 9.38. The summed E-state index contributed by atoms with van der Waals surface area (Å²) in [6.45, 7) is 2.53. The van der Waals surface area contributed by atoms with Gasteiger partial charge in [-0.25, -0.2) is 4.79 Å². The van der Waals surface area contributed by atoms with E-state index in [-0.39, 0.29) is 5.56 Å². The number of benzene rings is 1. The first-order valence-corrected chi connectivity index (χ1v) is 7.12. The van der Waals surface area contributed by atoms with Gasteiger partial charge < -0.3 is 9.30 Å². The van der Waals surface area contributed by atoms with Crippen LogP contribution in [0.5, 0.6) is 0 Å². The van der Waals surface area contributed by atoms with Crippen molar-refractivity contribution in [2.75, 3.05) is 7.11 Å². The molecule has 0 saturated carbocycles. The molecular formula is C15H13NO3S. The molecule has 3 aromatic rings. The average Bonchev–Trinajstić information content (AvgIpc) is 2.93. The normalized spacial score (nSPS) is 11.1. The Morgan fingerprint density at radius 1 is 1.30 bits per heavy atom. The molecule has 2 aromatic heterocycles. The lowest BCUT2D eigenvalue weighted by Gasteiger charge is -2.08. The first-order valence-electron chi connectivity index (χ1n) is 6.30. The first kappa shape index (κ1) is 12.9. The van der Waals surface area contributed by atoms with Crippen molar-refractivity contribution in [3.05, 3.63) is 45.6 Å². The van der Waals surface area contributed by atoms with Crippen LogP contribution in [0.4, 0.5) is 0 Å². The van der Waals surface area contributed by atoms with E-state index < -0.39 is 5.97 Å². The van der Waals surface area contributed by atoms with Crippen molar-refractivity contribution in [1.29, 1.82) is 0 Å². The monoisotopic (exact) mass is 287 g/mol. The Kier molecular flexibility index (Phi) is 3.06. The number of aromatic nitrogens is 1. The van der Waals surface area contributed by atoms with Gasteiger partial charge >= 0.3 is 5.97 Å². The van der Waals surface area contributed by atoms with Crippen LogP contribution in [0.2, 0.25) is 0 Å². The van der Waals surface area contributed by atoms with Gasteiger partial charge in [-0.2, -0.15) is 0 Å². The van der Waals surface area contributed by atoms with Crippen molar-refractivity contribution in [3.63, 3.8) is 0 Å². The maximum atomic E-state index is 12.5. The number of rotatable bonds is 2. The number of carbonyl (C=O) groups is 1. The molecule has 0 atom stereocenters. The van der Waals surface area contributed by atoms with Gasteiger partial charge in [-0.05, 0) is 19.1 Å². The minimum Gasteiger partial charge on any atom is -0.465 e. The molecule has 0 aliphatic rings. The summed E-state index contributed by atoms with van der Waals surface area (Å²) in [5.41, 5.74) is 0.832. The maximum absolute atomic E-state index is 12.5. The molecule has 0 radical (unpaired) electrons. The summed E-state index contributed by atoms with van der Waals surface area (Å²) in [5, 5.41) is 1.57. The molecule has 2 heterocycles. The largest absolute Gasteiger partial charge is 0.465 e. The molecule has 0 spiro atoms. The van der Waals surface area contributed by atoms with Crippen LogP contribution in [0.25, 0.3) is 21.0 Å². The summed E-state index contributed by atoms with van der Waals surface area (Å²) in [4.78, 5) is 24.6. The third-order valence-electron chi connectivity index (χ3n) is 3.35. The van der Waals surface area contributed by atoms with Gasteiger partial charge in [0.15, 0.2) is 0 Å². The van der Waals surface area contributed by atoms with Gasteiger partial charge in [0, 0.05) is 11.9 Å². The fraction of sp³-hybridized carbons (Fsp3) is 0.200. The van der Waals surface area contributed by atoms with Crippen molar-refractivity contribution < 1.29 is 9.53 Å². The lowest BCUT2D eigenvalue weighted by molar-refractivity contribution is 0.0606. The van der Waals surface area contributed by atoms with Crippen molar-refractivity contribution in [3.8, 4) is 0 Å². The quantitative estimate of drug-likeness (QED) is 0.681. The van der Waals surface area contributed by atoms with Crippen LogP contribution in [0, 0.1) is 0 Å². The number of hydrogen-bond donors (Lipinski definition) is 0. The molecule has 0 bridgehead atoms. The van der Waals surface area contributed by atoms with E-state index in [4.69, 9.17) is 4.74 Å². The molecule has 20 heavy (non-hydrogen) atoms. The number of para-hydroxylation sites is 1. The minimum absolute atomic E-state index is 0.0624. The lowest BCUT2D eigenvalue weighted by atomic mass is 10.1. The standard InChI is InChI=1S/C15H13NO3S/c1-3-16-11-7-5-4-6-9(11)13-10(14(16)17)8-12(20-13)15(18)19-2/h4-8H,3H2,1-2H3. The van der Waals surface area contributed by atoms with E-state index in [9.17, 15) is 9.59 Å². The van der Waals surface area contributed by atoms with Crippen LogP contribution in [0.3, 0.4) is 0 Å². The van der Waals surface area contributed by atoms with Gasteiger partial charge in [0.1, 0.15) is 4.88 Å². The zero-order valence-electron chi connectivity index (χ0n) is 11.2. The Morgan fingerprint density at radius 3 is 2.75 bits per heavy atom. The first-order chi connectivity index (χ1) is 9.67. The zero-order valence-corrected chi connectivity index (χ0v) is 12.0. The number of esters is 1. The molecule has 1 aromatic carbocycles. The van der Waals surface area contributed by atoms with Gasteiger partial charge in [0.25, 0.3) is 5.56 Å². The van der Waals surface area contributed by atoms with Crippen molar-refractivity contribution in [2.45, 2.75) is 13.5 Å². The molecule has 102 valence electrons. The van der Waals surface area contributed by atoms with E-state index in [0.29, 0.717) is 16.8 Å². The van der Waals surface area contributed by atoms with Crippen molar-refractivity contribution in [2.24, 2.45) is 0 Å². The van der Waals surface area contributed by atoms with Gasteiger partial charge in [0.2, 0.25) is 0 Å². The number of pyridine rings is 1. The Bertz CT molecular complexity index is 876. The number of methoxy groups -OCH3 is 1. The predicted molar refractivity (Wildman–Crippen MR) is 80.6 cm³/mol. The minimum atomic E-state index is -0.405. The van der Waals surface area contributed by atoms with Gasteiger partial charge in [0.05, 0.1) is 22.7 Å². The van der Waals surface area contributed by atoms with Gasteiger partial charge in [-0.3, -0.25) is 4.79 Å². The molecule has 0 unspecified atom stereocenters. The Morgan fingerprint density at radius 2 is 2.05 bits per heavy atom. The van der Waals surface area contributed by atoms with Gasteiger partial charge in [-0.15, -0.1) is 11.3 Å². The van der Waals surface area contributed by atoms with Crippen molar-refractivity contribution in [1.82, 2.24) is 4.57 Å². The smallest absolute Gasteiger partial charge is 0.348 e. The van der Waals surface area contributed by atoms with E-state index in [0.717, 1.165) is 15.6 Å². The number of nitrogens with zero attached hydrogens (tertiary/aromatic N) is 1. The fourth-order valence-corrected chi connectivity index (χ4v) is 3.52. The second kappa shape index (κ2) is 4.76. The highest BCUT2D eigenvalue weighted by molar-refractivity contribution is 7.21. The third kappa shape index (κ3) is 1.74. The maximum Gasteiger partial charge on any atom is 0.348 e. The Balaban J connectivity index is 2.50. The second-order valence-corrected chi connectivity index (χ2v) is 5.46. The number of carbonyl (C=O) groups excluding carboxylic acids is 1. The van der Waals surface area contributed by atoms with E-state index in [2.05, 4.69) is 0 Å². The SMILES string of the molecule is CCn1c(=O)c2cc(C(=O)OC)sc2c2ccccc21. The molecule has 0 aliphatic heterocycles. The summed E-state index contributed by atoms with van der Waals surface area (Å²) < 4.78 is 7.31. The summed E-state index contributed by atoms with van der Waals surface area (Å²) in [7, 11) is 1.34. The molecule has 0 N–H and O–H groups in total. The Hall–Kier alpha value is -2.14. The number of aryl methyl sites for hydroxylation is 1. The molecule has 0 amide bonds. The van der Waals surface area contributed by atoms with Crippen molar-refractivity contribution >= 4 is 38.3 Å². The zero-order chi connectivity index (χ0) is 14.3. The van der Waals surface area contributed by atoms with E-state index in [1.165, 1.54) is 18.4 Å². The highest BCUT2D eigenvalue weighted by Gasteiger charge is 2.16. The molecule has 5 heteroatoms. The van der Waals surface area contributed by atoms with Crippen LogP contribution in [-0.2, 0) is 11.3 Å². The summed E-state index contributed by atoms with van der Waals surface area (Å²) >= 11 is 1.30. The average molecular weight is 287 g/mol. The highest BCUT2D eigenvalue weighted by atomic mass is 32.1. The van der Waals surface area contributed by atoms with Crippen LogP contribution in [0.1, 0.15) is 16.6 Å². The molecule has 0 saturated heterocycles. The third-order valence-corrected chi connectivity index (χ3v) is 4.50. The Labute approximate surface area is 119 Å². The number of fused-ring (bicyclic) bond motifs is 3. The molecule has 0 fully saturated rings. The summed E-state index contributed by atoms with van der Waals surface area (Å²) in [6.07, 6.45) is 0. The topological polar surface area (TPSA) is 48.3 Å². The van der Waals surface area contributed by atoms with Crippen LogP contribution in [-0.4, -0.2) is 17.6 Å². The predicted octanol–water partition coefficient (Wildman–Crippen LogP) is 3.02. The van der Waals surface area contributed by atoms with Crippen LogP contribution >= 0.6 is 11.3 Å². The molecule has 4 nitrogen and oxygen atoms in total. The molecule has 3 rings (SSSR count). The number of ether oxygens (including phenoxy) is 1. The number of hydrogen-bond acceptors (Lipinski definition) is 4. The molecular weight excluding hydrogens is 274 g/mol.